The molecule has 1 saturated carbocycles. The summed E-state index contributed by atoms with van der Waals surface area (Å²) in [6, 6.07) is 11.4. The number of nitriles is 1. The fraction of sp³-hybridized carbons (Fsp3) is 0.464. The first-order valence-electron chi connectivity index (χ1n) is 12.8. The maximum Gasteiger partial charge on any atom is 0.349 e. The molecule has 3 aromatic rings. The van der Waals surface area contributed by atoms with Crippen molar-refractivity contribution in [2.75, 3.05) is 18.7 Å². The number of aryl methyl sites for hydroxylation is 1. The molecule has 1 aliphatic carbocycles. The lowest BCUT2D eigenvalue weighted by molar-refractivity contribution is -0.0000624. The van der Waals surface area contributed by atoms with Gasteiger partial charge in [0.15, 0.2) is 17.3 Å². The molecule has 0 spiro atoms. The van der Waals surface area contributed by atoms with Crippen LogP contribution in [0.3, 0.4) is 0 Å². The molecular weight excluding hydrogens is 484 g/mol. The van der Waals surface area contributed by atoms with E-state index in [1.54, 1.807) is 19.2 Å². The first-order valence-corrected chi connectivity index (χ1v) is 12.8. The van der Waals surface area contributed by atoms with Crippen molar-refractivity contribution in [2.45, 2.75) is 58.1 Å². The first kappa shape index (κ1) is 25.5. The van der Waals surface area contributed by atoms with Crippen molar-refractivity contribution < 1.29 is 14.3 Å². The zero-order valence-corrected chi connectivity index (χ0v) is 22.4. The maximum atomic E-state index is 12.6. The number of nitrogens with zero attached hydrogens (tertiary/aromatic N) is 6. The molecule has 1 fully saturated rings. The molecule has 2 aromatic heterocycles. The second-order valence-corrected chi connectivity index (χ2v) is 10.8. The number of para-hydroxylation sites is 1. The Morgan fingerprint density at radius 2 is 1.92 bits per heavy atom. The van der Waals surface area contributed by atoms with Gasteiger partial charge in [0.1, 0.15) is 22.9 Å². The second kappa shape index (κ2) is 9.97. The van der Waals surface area contributed by atoms with Crippen LogP contribution >= 0.6 is 0 Å². The Bertz CT molecular complexity index is 1490. The number of fused-ring (bicyclic) bond motifs is 2. The van der Waals surface area contributed by atoms with Gasteiger partial charge in [-0.25, -0.2) is 9.78 Å². The van der Waals surface area contributed by atoms with Gasteiger partial charge in [-0.15, -0.1) is 0 Å². The highest BCUT2D eigenvalue weighted by Gasteiger charge is 2.33. The first-order chi connectivity index (χ1) is 18.2. The third-order valence-electron chi connectivity index (χ3n) is 7.11. The molecule has 0 saturated heterocycles. The SMILES string of the molecule is Cn1c(=O)nc(N(C)[C@H]2CC[C@@H](/C(=N\OC(C)(C)C)c3cccc4c3OCO4)CC2)c2nc(C#N)ccc21. The lowest BCUT2D eigenvalue weighted by Crippen LogP contribution is -2.39. The largest absolute Gasteiger partial charge is 0.454 e. The van der Waals surface area contributed by atoms with Crippen LogP contribution in [-0.4, -0.2) is 45.7 Å². The van der Waals surface area contributed by atoms with E-state index in [2.05, 4.69) is 21.2 Å². The minimum absolute atomic E-state index is 0.146. The van der Waals surface area contributed by atoms with Gasteiger partial charge in [0.25, 0.3) is 0 Å². The number of oxime groups is 1. The molecule has 1 aromatic carbocycles. The molecule has 0 N–H and O–H groups in total. The van der Waals surface area contributed by atoms with E-state index in [1.165, 1.54) is 4.57 Å². The van der Waals surface area contributed by atoms with E-state index in [1.807, 2.05) is 50.9 Å². The van der Waals surface area contributed by atoms with Crippen LogP contribution in [0.2, 0.25) is 0 Å². The second-order valence-electron chi connectivity index (χ2n) is 10.8. The van der Waals surface area contributed by atoms with Gasteiger partial charge < -0.3 is 19.2 Å². The summed E-state index contributed by atoms with van der Waals surface area (Å²) in [6.07, 6.45) is 3.45. The van der Waals surface area contributed by atoms with Crippen molar-refractivity contribution in [2.24, 2.45) is 18.1 Å². The van der Waals surface area contributed by atoms with Gasteiger partial charge in [0, 0.05) is 31.6 Å². The molecule has 38 heavy (non-hydrogen) atoms. The van der Waals surface area contributed by atoms with Gasteiger partial charge in [0.2, 0.25) is 6.79 Å². The Kier molecular flexibility index (Phi) is 6.69. The molecule has 0 unspecified atom stereocenters. The zero-order chi connectivity index (χ0) is 27.0. The summed E-state index contributed by atoms with van der Waals surface area (Å²) in [5, 5.41) is 14.0. The number of rotatable bonds is 5. The summed E-state index contributed by atoms with van der Waals surface area (Å²) in [5.41, 5.74) is 2.46. The van der Waals surface area contributed by atoms with Crippen molar-refractivity contribution in [1.29, 1.82) is 5.26 Å². The van der Waals surface area contributed by atoms with Crippen LogP contribution in [0.4, 0.5) is 5.82 Å². The molecule has 0 bridgehead atoms. The van der Waals surface area contributed by atoms with Crippen LogP contribution in [0, 0.1) is 17.2 Å². The van der Waals surface area contributed by atoms with E-state index in [-0.39, 0.29) is 30.1 Å². The predicted octanol–water partition coefficient (Wildman–Crippen LogP) is 4.14. The highest BCUT2D eigenvalue weighted by Crippen LogP contribution is 2.40. The summed E-state index contributed by atoms with van der Waals surface area (Å²) in [4.78, 5) is 29.4. The Morgan fingerprint density at radius 1 is 1.16 bits per heavy atom. The topological polar surface area (TPSA) is 115 Å². The summed E-state index contributed by atoms with van der Waals surface area (Å²) >= 11 is 0. The third kappa shape index (κ3) is 4.88. The smallest absolute Gasteiger partial charge is 0.349 e. The van der Waals surface area contributed by atoms with Gasteiger partial charge in [0.05, 0.1) is 11.2 Å². The third-order valence-corrected chi connectivity index (χ3v) is 7.11. The summed E-state index contributed by atoms with van der Waals surface area (Å²) in [6.45, 7) is 6.11. The van der Waals surface area contributed by atoms with Crippen molar-refractivity contribution in [3.8, 4) is 17.6 Å². The predicted molar refractivity (Wildman–Crippen MR) is 144 cm³/mol. The highest BCUT2D eigenvalue weighted by molar-refractivity contribution is 6.05. The minimum atomic E-state index is -0.431. The molecule has 5 rings (SSSR count). The quantitative estimate of drug-likeness (QED) is 0.367. The molecule has 3 heterocycles. The van der Waals surface area contributed by atoms with E-state index in [0.717, 1.165) is 37.0 Å². The van der Waals surface area contributed by atoms with Gasteiger partial charge in [-0.2, -0.15) is 10.2 Å². The standard InChI is InChI=1S/C28H32N6O4/c1-28(2,3)38-32-23(20-7-6-8-22-25(20)37-16-36-22)17-9-12-19(13-10-17)33(4)26-24-21(34(5)27(35)31-26)14-11-18(15-29)30-24/h6-8,11,14,17,19H,9-10,12-13,16H2,1-5H3/b32-23+/t17-,19+. The average molecular weight is 517 g/mol. The lowest BCUT2D eigenvalue weighted by atomic mass is 9.80. The molecule has 0 amide bonds. The fourth-order valence-electron chi connectivity index (χ4n) is 5.09. The van der Waals surface area contributed by atoms with Gasteiger partial charge in [-0.05, 0) is 70.7 Å². The van der Waals surface area contributed by atoms with Crippen molar-refractivity contribution >= 4 is 22.6 Å². The van der Waals surface area contributed by atoms with Gasteiger partial charge in [-0.1, -0.05) is 11.2 Å². The molecule has 0 atom stereocenters. The minimum Gasteiger partial charge on any atom is -0.454 e. The molecule has 1 aliphatic heterocycles. The maximum absolute atomic E-state index is 12.6. The van der Waals surface area contributed by atoms with E-state index in [9.17, 15) is 10.1 Å². The molecule has 10 heteroatoms. The lowest BCUT2D eigenvalue weighted by Gasteiger charge is -2.36. The highest BCUT2D eigenvalue weighted by atomic mass is 16.7. The van der Waals surface area contributed by atoms with Crippen molar-refractivity contribution in [3.63, 3.8) is 0 Å². The molecular formula is C28H32N6O4. The molecule has 198 valence electrons. The number of benzene rings is 1. The van der Waals surface area contributed by atoms with Crippen LogP contribution < -0.4 is 20.1 Å². The Balaban J connectivity index is 1.42. The van der Waals surface area contributed by atoms with E-state index in [0.29, 0.717) is 28.4 Å². The Hall–Kier alpha value is -4.13. The monoisotopic (exact) mass is 516 g/mol. The number of aromatic nitrogens is 3. The van der Waals surface area contributed by atoms with E-state index >= 15 is 0 Å². The normalized spacial score (nSPS) is 19.3. The molecule has 10 nitrogen and oxygen atoms in total. The van der Waals surface area contributed by atoms with Crippen LogP contribution in [0.5, 0.6) is 11.5 Å². The van der Waals surface area contributed by atoms with E-state index < -0.39 is 5.60 Å². The number of pyridine rings is 1. The van der Waals surface area contributed by atoms with Crippen LogP contribution in [0.15, 0.2) is 40.3 Å². The number of anilines is 1. The number of hydrogen-bond acceptors (Lipinski definition) is 9. The van der Waals surface area contributed by atoms with Crippen molar-refractivity contribution in [1.82, 2.24) is 14.5 Å². The van der Waals surface area contributed by atoms with E-state index in [4.69, 9.17) is 14.3 Å². The van der Waals surface area contributed by atoms with Gasteiger partial charge in [-0.3, -0.25) is 4.57 Å². The van der Waals surface area contributed by atoms with Crippen LogP contribution in [0.25, 0.3) is 11.0 Å². The van der Waals surface area contributed by atoms with Crippen molar-refractivity contribution in [3.05, 3.63) is 52.1 Å². The molecule has 0 radical (unpaired) electrons. The Morgan fingerprint density at radius 3 is 2.63 bits per heavy atom. The molecule has 2 aliphatic rings. The Labute approximate surface area is 221 Å². The average Bonchev–Trinajstić information content (AvgIpc) is 3.39. The summed E-state index contributed by atoms with van der Waals surface area (Å²) in [7, 11) is 3.61. The van der Waals surface area contributed by atoms with Crippen LogP contribution in [0.1, 0.15) is 57.7 Å². The van der Waals surface area contributed by atoms with Gasteiger partial charge >= 0.3 is 5.69 Å². The number of hydrogen-bond donors (Lipinski definition) is 0. The fourth-order valence-corrected chi connectivity index (χ4v) is 5.09. The summed E-state index contributed by atoms with van der Waals surface area (Å²) < 4.78 is 12.9. The number of ether oxygens (including phenoxy) is 2. The zero-order valence-electron chi connectivity index (χ0n) is 22.4. The summed E-state index contributed by atoms with van der Waals surface area (Å²) in [5.74, 6) is 2.08. The van der Waals surface area contributed by atoms with Crippen LogP contribution in [-0.2, 0) is 11.9 Å².